The molecule has 1 aliphatic rings. The van der Waals surface area contributed by atoms with Crippen LogP contribution in [0.15, 0.2) is 18.2 Å². The van der Waals surface area contributed by atoms with Gasteiger partial charge in [-0.25, -0.2) is 0 Å². The molecule has 3 nitrogen and oxygen atoms in total. The van der Waals surface area contributed by atoms with Gasteiger partial charge >= 0.3 is 0 Å². The molecule has 1 aromatic rings. The van der Waals surface area contributed by atoms with Gasteiger partial charge in [-0.3, -0.25) is 0 Å². The second-order valence-corrected chi connectivity index (χ2v) is 6.72. The van der Waals surface area contributed by atoms with Gasteiger partial charge in [-0.2, -0.15) is 17.0 Å². The SMILES string of the molecule is CC1(C)CN(c2ccc(N)c(C#N)c2)CCS1. The Bertz CT molecular complexity index is 462. The third kappa shape index (κ3) is 2.67. The summed E-state index contributed by atoms with van der Waals surface area (Å²) >= 11 is 2.00. The van der Waals surface area contributed by atoms with E-state index in [2.05, 4.69) is 24.8 Å². The summed E-state index contributed by atoms with van der Waals surface area (Å²) in [5, 5.41) is 8.99. The number of anilines is 2. The zero-order valence-electron chi connectivity index (χ0n) is 10.2. The average Bonchev–Trinajstić information content (AvgIpc) is 2.28. The van der Waals surface area contributed by atoms with Crippen molar-refractivity contribution in [3.8, 4) is 6.07 Å². The van der Waals surface area contributed by atoms with Crippen molar-refractivity contribution >= 4 is 23.1 Å². The predicted molar refractivity (Wildman–Crippen MR) is 74.3 cm³/mol. The summed E-state index contributed by atoms with van der Waals surface area (Å²) < 4.78 is 0.270. The Morgan fingerprint density at radius 3 is 2.88 bits per heavy atom. The molecule has 17 heavy (non-hydrogen) atoms. The number of rotatable bonds is 1. The van der Waals surface area contributed by atoms with Gasteiger partial charge < -0.3 is 10.6 Å². The summed E-state index contributed by atoms with van der Waals surface area (Å²) in [6.07, 6.45) is 0. The molecule has 0 radical (unpaired) electrons. The highest BCUT2D eigenvalue weighted by molar-refractivity contribution is 8.00. The number of nitrogen functional groups attached to an aromatic ring is 1. The summed E-state index contributed by atoms with van der Waals surface area (Å²) in [4.78, 5) is 2.33. The standard InChI is InChI=1S/C13H17N3S/c1-13(2)9-16(5-6-17-13)11-3-4-12(15)10(7-11)8-14/h3-4,7H,5-6,9,15H2,1-2H3. The normalized spacial score (nSPS) is 18.8. The molecular formula is C13H17N3S. The second kappa shape index (κ2) is 4.50. The monoisotopic (exact) mass is 247 g/mol. The van der Waals surface area contributed by atoms with Crippen LogP contribution in [-0.4, -0.2) is 23.6 Å². The molecule has 1 saturated heterocycles. The van der Waals surface area contributed by atoms with Crippen molar-refractivity contribution in [3.63, 3.8) is 0 Å². The van der Waals surface area contributed by atoms with Crippen LogP contribution < -0.4 is 10.6 Å². The topological polar surface area (TPSA) is 53.0 Å². The van der Waals surface area contributed by atoms with Gasteiger partial charge in [0.25, 0.3) is 0 Å². The molecule has 4 heteroatoms. The summed E-state index contributed by atoms with van der Waals surface area (Å²) in [5.41, 5.74) is 7.96. The van der Waals surface area contributed by atoms with Crippen molar-refractivity contribution in [1.29, 1.82) is 5.26 Å². The molecule has 2 N–H and O–H groups in total. The molecule has 1 fully saturated rings. The second-order valence-electron chi connectivity index (χ2n) is 4.91. The van der Waals surface area contributed by atoms with E-state index in [9.17, 15) is 0 Å². The molecule has 0 atom stereocenters. The molecule has 1 aliphatic heterocycles. The van der Waals surface area contributed by atoms with E-state index in [4.69, 9.17) is 11.0 Å². The van der Waals surface area contributed by atoms with Gasteiger partial charge in [0.15, 0.2) is 0 Å². The Morgan fingerprint density at radius 1 is 1.47 bits per heavy atom. The highest BCUT2D eigenvalue weighted by atomic mass is 32.2. The van der Waals surface area contributed by atoms with E-state index < -0.39 is 0 Å². The molecule has 0 bridgehead atoms. The van der Waals surface area contributed by atoms with Crippen LogP contribution in [0.2, 0.25) is 0 Å². The Labute approximate surface area is 107 Å². The third-order valence-electron chi connectivity index (χ3n) is 2.95. The van der Waals surface area contributed by atoms with Crippen LogP contribution in [0.4, 0.5) is 11.4 Å². The van der Waals surface area contributed by atoms with E-state index in [1.807, 2.05) is 30.0 Å². The minimum atomic E-state index is 0.270. The number of nitrogens with zero attached hydrogens (tertiary/aromatic N) is 2. The van der Waals surface area contributed by atoms with Crippen LogP contribution in [0.25, 0.3) is 0 Å². The molecule has 0 saturated carbocycles. The first-order valence-electron chi connectivity index (χ1n) is 5.70. The number of benzene rings is 1. The number of hydrogen-bond acceptors (Lipinski definition) is 4. The fourth-order valence-electron chi connectivity index (χ4n) is 2.07. The van der Waals surface area contributed by atoms with Gasteiger partial charge in [-0.15, -0.1) is 0 Å². The maximum atomic E-state index is 8.99. The van der Waals surface area contributed by atoms with E-state index in [1.54, 1.807) is 0 Å². The Kier molecular flexibility index (Phi) is 3.21. The lowest BCUT2D eigenvalue weighted by molar-refractivity contribution is 0.648. The van der Waals surface area contributed by atoms with Crippen LogP contribution in [-0.2, 0) is 0 Å². The minimum absolute atomic E-state index is 0.270. The first-order chi connectivity index (χ1) is 8.02. The zero-order valence-corrected chi connectivity index (χ0v) is 11.0. The van der Waals surface area contributed by atoms with Crippen molar-refractivity contribution in [2.75, 3.05) is 29.5 Å². The molecule has 0 unspecified atom stereocenters. The highest BCUT2D eigenvalue weighted by Gasteiger charge is 2.27. The molecule has 2 rings (SSSR count). The van der Waals surface area contributed by atoms with Gasteiger partial charge in [0.1, 0.15) is 6.07 Å². The van der Waals surface area contributed by atoms with Crippen molar-refractivity contribution in [3.05, 3.63) is 23.8 Å². The van der Waals surface area contributed by atoms with E-state index in [-0.39, 0.29) is 4.75 Å². The average molecular weight is 247 g/mol. The molecule has 0 amide bonds. The van der Waals surface area contributed by atoms with Crippen LogP contribution in [0.3, 0.4) is 0 Å². The fraction of sp³-hybridized carbons (Fsp3) is 0.462. The Morgan fingerprint density at radius 2 is 2.24 bits per heavy atom. The van der Waals surface area contributed by atoms with Crippen molar-refractivity contribution in [2.45, 2.75) is 18.6 Å². The smallest absolute Gasteiger partial charge is 0.101 e. The lowest BCUT2D eigenvalue weighted by atomic mass is 10.1. The summed E-state index contributed by atoms with van der Waals surface area (Å²) in [6.45, 7) is 6.55. The summed E-state index contributed by atoms with van der Waals surface area (Å²) in [6, 6.07) is 7.85. The molecule has 90 valence electrons. The summed E-state index contributed by atoms with van der Waals surface area (Å²) in [7, 11) is 0. The van der Waals surface area contributed by atoms with Crippen LogP contribution in [0, 0.1) is 11.3 Å². The van der Waals surface area contributed by atoms with Crippen molar-refractivity contribution in [2.24, 2.45) is 0 Å². The largest absolute Gasteiger partial charge is 0.398 e. The maximum Gasteiger partial charge on any atom is 0.101 e. The molecular weight excluding hydrogens is 230 g/mol. The third-order valence-corrected chi connectivity index (χ3v) is 4.25. The van der Waals surface area contributed by atoms with Crippen molar-refractivity contribution in [1.82, 2.24) is 0 Å². The minimum Gasteiger partial charge on any atom is -0.398 e. The maximum absolute atomic E-state index is 8.99. The van der Waals surface area contributed by atoms with Gasteiger partial charge in [0.2, 0.25) is 0 Å². The number of nitrogens with two attached hydrogens (primary N) is 1. The van der Waals surface area contributed by atoms with Gasteiger partial charge in [0.05, 0.1) is 5.56 Å². The Hall–Kier alpha value is -1.34. The van der Waals surface area contributed by atoms with Gasteiger partial charge in [-0.1, -0.05) is 0 Å². The predicted octanol–water partition coefficient (Wildman–Crippen LogP) is 2.47. The first-order valence-corrected chi connectivity index (χ1v) is 6.69. The van der Waals surface area contributed by atoms with Gasteiger partial charge in [-0.05, 0) is 32.0 Å². The molecule has 0 spiro atoms. The van der Waals surface area contributed by atoms with Crippen LogP contribution >= 0.6 is 11.8 Å². The Balaban J connectivity index is 2.26. The molecule has 1 aromatic carbocycles. The first kappa shape index (κ1) is 12.1. The number of hydrogen-bond donors (Lipinski definition) is 1. The highest BCUT2D eigenvalue weighted by Crippen LogP contribution is 2.32. The molecule has 0 aromatic heterocycles. The van der Waals surface area contributed by atoms with E-state index in [0.29, 0.717) is 11.3 Å². The summed E-state index contributed by atoms with van der Waals surface area (Å²) in [5.74, 6) is 1.12. The lowest BCUT2D eigenvalue weighted by Crippen LogP contribution is -2.43. The number of nitriles is 1. The molecule has 0 aliphatic carbocycles. The quantitative estimate of drug-likeness (QED) is 0.775. The van der Waals surface area contributed by atoms with E-state index in [1.165, 1.54) is 0 Å². The van der Waals surface area contributed by atoms with Gasteiger partial charge in [0, 0.05) is 35.0 Å². The number of thioether (sulfide) groups is 1. The zero-order chi connectivity index (χ0) is 12.5. The molecule has 1 heterocycles. The van der Waals surface area contributed by atoms with E-state index >= 15 is 0 Å². The van der Waals surface area contributed by atoms with Crippen LogP contribution in [0.5, 0.6) is 0 Å². The lowest BCUT2D eigenvalue weighted by Gasteiger charge is -2.39. The van der Waals surface area contributed by atoms with Crippen molar-refractivity contribution < 1.29 is 0 Å². The fourth-order valence-corrected chi connectivity index (χ4v) is 3.19. The van der Waals surface area contributed by atoms with Crippen LogP contribution in [0.1, 0.15) is 19.4 Å². The van der Waals surface area contributed by atoms with E-state index in [0.717, 1.165) is 24.5 Å².